The molecule has 1 atom stereocenters. The van der Waals surface area contributed by atoms with Crippen LogP contribution in [0.2, 0.25) is 0 Å². The summed E-state index contributed by atoms with van der Waals surface area (Å²) in [6, 6.07) is 10.8. The van der Waals surface area contributed by atoms with Crippen molar-refractivity contribution in [3.8, 4) is 0 Å². The lowest BCUT2D eigenvalue weighted by atomic mass is 9.84. The van der Waals surface area contributed by atoms with Gasteiger partial charge in [-0.2, -0.15) is 0 Å². The maximum atomic E-state index is 12.5. The standard InChI is InChI=1S/C21H25NO3S/c23-20(13-19(21(24)25)22-14-18-7-4-12-26-18)17-10-8-16(9-11-17)15-5-2-1-3-6-15/h4,7-12,15,19,22H,1-3,5-6,13-14H2,(H,24,25). The molecule has 2 N–H and O–H groups in total. The number of benzene rings is 1. The zero-order chi connectivity index (χ0) is 18.4. The molecule has 0 bridgehead atoms. The highest BCUT2D eigenvalue weighted by Crippen LogP contribution is 2.32. The molecule has 2 aromatic rings. The Morgan fingerprint density at radius 3 is 2.46 bits per heavy atom. The summed E-state index contributed by atoms with van der Waals surface area (Å²) in [6.07, 6.45) is 6.29. The third-order valence-electron chi connectivity index (χ3n) is 5.10. The average molecular weight is 372 g/mol. The monoisotopic (exact) mass is 371 g/mol. The number of aliphatic carboxylic acids is 1. The minimum atomic E-state index is -0.992. The molecule has 3 rings (SSSR count). The summed E-state index contributed by atoms with van der Waals surface area (Å²) in [4.78, 5) is 25.0. The Morgan fingerprint density at radius 2 is 1.85 bits per heavy atom. The van der Waals surface area contributed by atoms with E-state index in [4.69, 9.17) is 0 Å². The molecule has 1 aromatic heterocycles. The molecule has 1 heterocycles. The molecule has 0 radical (unpaired) electrons. The first kappa shape index (κ1) is 18.8. The van der Waals surface area contributed by atoms with E-state index in [1.54, 1.807) is 11.3 Å². The third-order valence-corrected chi connectivity index (χ3v) is 5.98. The molecule has 1 aromatic carbocycles. The normalized spacial score (nSPS) is 16.3. The van der Waals surface area contributed by atoms with Gasteiger partial charge < -0.3 is 5.11 Å². The highest BCUT2D eigenvalue weighted by atomic mass is 32.1. The number of thiophene rings is 1. The van der Waals surface area contributed by atoms with E-state index in [0.29, 0.717) is 18.0 Å². The second-order valence-corrected chi connectivity index (χ2v) is 7.97. The van der Waals surface area contributed by atoms with Crippen molar-refractivity contribution in [2.24, 2.45) is 0 Å². The molecule has 5 heteroatoms. The van der Waals surface area contributed by atoms with Crippen LogP contribution in [-0.2, 0) is 11.3 Å². The summed E-state index contributed by atoms with van der Waals surface area (Å²) in [7, 11) is 0. The van der Waals surface area contributed by atoms with Crippen LogP contribution in [0, 0.1) is 0 Å². The fourth-order valence-corrected chi connectivity index (χ4v) is 4.22. The van der Waals surface area contributed by atoms with E-state index < -0.39 is 12.0 Å². The lowest BCUT2D eigenvalue weighted by Crippen LogP contribution is -2.37. The van der Waals surface area contributed by atoms with E-state index in [-0.39, 0.29) is 12.2 Å². The lowest BCUT2D eigenvalue weighted by molar-refractivity contribution is -0.139. The van der Waals surface area contributed by atoms with Gasteiger partial charge in [0.15, 0.2) is 5.78 Å². The van der Waals surface area contributed by atoms with Gasteiger partial charge in [-0.3, -0.25) is 14.9 Å². The summed E-state index contributed by atoms with van der Waals surface area (Å²) in [5, 5.41) is 14.3. The SMILES string of the molecule is O=C(CC(NCc1cccs1)C(=O)O)c1ccc(C2CCCCC2)cc1. The first-order valence-corrected chi connectivity index (χ1v) is 10.1. The van der Waals surface area contributed by atoms with Crippen molar-refractivity contribution < 1.29 is 14.7 Å². The van der Waals surface area contributed by atoms with Crippen LogP contribution in [-0.4, -0.2) is 22.9 Å². The Bertz CT molecular complexity index is 718. The maximum absolute atomic E-state index is 12.5. The average Bonchev–Trinajstić information content (AvgIpc) is 3.19. The van der Waals surface area contributed by atoms with Gasteiger partial charge in [0.1, 0.15) is 6.04 Å². The molecule has 4 nitrogen and oxygen atoms in total. The van der Waals surface area contributed by atoms with Crippen molar-refractivity contribution in [1.82, 2.24) is 5.32 Å². The largest absolute Gasteiger partial charge is 0.480 e. The van der Waals surface area contributed by atoms with Gasteiger partial charge in [0.2, 0.25) is 0 Å². The van der Waals surface area contributed by atoms with Gasteiger partial charge in [0.05, 0.1) is 0 Å². The zero-order valence-electron chi connectivity index (χ0n) is 14.8. The molecular formula is C21H25NO3S. The lowest BCUT2D eigenvalue weighted by Gasteiger charge is -2.22. The fraction of sp³-hybridized carbons (Fsp3) is 0.429. The molecule has 0 amide bonds. The van der Waals surface area contributed by atoms with Gasteiger partial charge in [-0.15, -0.1) is 11.3 Å². The summed E-state index contributed by atoms with van der Waals surface area (Å²) in [5.41, 5.74) is 1.89. The second kappa shape index (κ2) is 9.10. The highest BCUT2D eigenvalue weighted by Gasteiger charge is 2.22. The topological polar surface area (TPSA) is 66.4 Å². The molecule has 1 saturated carbocycles. The van der Waals surface area contributed by atoms with Crippen LogP contribution in [0.25, 0.3) is 0 Å². The van der Waals surface area contributed by atoms with E-state index >= 15 is 0 Å². The van der Waals surface area contributed by atoms with E-state index in [1.807, 2.05) is 41.8 Å². The number of hydrogen-bond acceptors (Lipinski definition) is 4. The number of Topliss-reactive ketones (excluding diaryl/α,β-unsaturated/α-hetero) is 1. The first-order valence-electron chi connectivity index (χ1n) is 9.25. The second-order valence-electron chi connectivity index (χ2n) is 6.94. The van der Waals surface area contributed by atoms with E-state index in [2.05, 4.69) is 5.32 Å². The van der Waals surface area contributed by atoms with Gasteiger partial charge in [-0.25, -0.2) is 0 Å². The number of carbonyl (C=O) groups is 2. The molecular weight excluding hydrogens is 346 g/mol. The molecule has 1 aliphatic carbocycles. The summed E-state index contributed by atoms with van der Waals surface area (Å²) < 4.78 is 0. The van der Waals surface area contributed by atoms with Crippen LogP contribution in [0.1, 0.15) is 65.2 Å². The van der Waals surface area contributed by atoms with Crippen LogP contribution in [0.15, 0.2) is 41.8 Å². The smallest absolute Gasteiger partial charge is 0.321 e. The van der Waals surface area contributed by atoms with Crippen molar-refractivity contribution in [2.75, 3.05) is 0 Å². The highest BCUT2D eigenvalue weighted by molar-refractivity contribution is 7.09. The van der Waals surface area contributed by atoms with Crippen molar-refractivity contribution in [1.29, 1.82) is 0 Å². The fourth-order valence-electron chi connectivity index (χ4n) is 3.56. The van der Waals surface area contributed by atoms with Crippen LogP contribution in [0.5, 0.6) is 0 Å². The number of carbonyl (C=O) groups excluding carboxylic acids is 1. The Balaban J connectivity index is 1.58. The molecule has 0 spiro atoms. The molecule has 1 aliphatic rings. The number of nitrogens with one attached hydrogen (secondary N) is 1. The molecule has 138 valence electrons. The van der Waals surface area contributed by atoms with E-state index in [9.17, 15) is 14.7 Å². The van der Waals surface area contributed by atoms with Gasteiger partial charge in [-0.05, 0) is 35.8 Å². The number of carboxylic acid groups (broad SMARTS) is 1. The minimum absolute atomic E-state index is 0.0382. The van der Waals surface area contributed by atoms with Crippen molar-refractivity contribution in [2.45, 2.75) is 57.0 Å². The molecule has 26 heavy (non-hydrogen) atoms. The first-order chi connectivity index (χ1) is 12.6. The van der Waals surface area contributed by atoms with Crippen LogP contribution in [0.4, 0.5) is 0 Å². The molecule has 1 unspecified atom stereocenters. The predicted molar refractivity (Wildman–Crippen MR) is 104 cm³/mol. The molecule has 1 fully saturated rings. The van der Waals surface area contributed by atoms with E-state index in [0.717, 1.165) is 4.88 Å². The number of carboxylic acids is 1. The van der Waals surface area contributed by atoms with Gasteiger partial charge in [0, 0.05) is 23.4 Å². The van der Waals surface area contributed by atoms with Crippen molar-refractivity contribution in [3.05, 3.63) is 57.8 Å². The third kappa shape index (κ3) is 5.02. The zero-order valence-corrected chi connectivity index (χ0v) is 15.6. The number of rotatable bonds is 8. The van der Waals surface area contributed by atoms with Crippen molar-refractivity contribution >= 4 is 23.1 Å². The summed E-state index contributed by atoms with van der Waals surface area (Å²) >= 11 is 1.57. The van der Waals surface area contributed by atoms with Gasteiger partial charge >= 0.3 is 5.97 Å². The van der Waals surface area contributed by atoms with Crippen LogP contribution < -0.4 is 5.32 Å². The maximum Gasteiger partial charge on any atom is 0.321 e. The Kier molecular flexibility index (Phi) is 6.58. The van der Waals surface area contributed by atoms with Crippen LogP contribution in [0.3, 0.4) is 0 Å². The van der Waals surface area contributed by atoms with Gasteiger partial charge in [-0.1, -0.05) is 49.6 Å². The Morgan fingerprint density at radius 1 is 1.12 bits per heavy atom. The Hall–Kier alpha value is -1.98. The van der Waals surface area contributed by atoms with Crippen molar-refractivity contribution in [3.63, 3.8) is 0 Å². The predicted octanol–water partition coefficient (Wildman–Crippen LogP) is 4.61. The Labute approximate surface area is 158 Å². The quantitative estimate of drug-likeness (QED) is 0.665. The summed E-state index contributed by atoms with van der Waals surface area (Å²) in [6.45, 7) is 0.461. The number of ketones is 1. The number of hydrogen-bond donors (Lipinski definition) is 2. The van der Waals surface area contributed by atoms with Crippen LogP contribution >= 0.6 is 11.3 Å². The van der Waals surface area contributed by atoms with Gasteiger partial charge in [0.25, 0.3) is 0 Å². The van der Waals surface area contributed by atoms with E-state index in [1.165, 1.54) is 37.7 Å². The molecule has 0 aliphatic heterocycles. The molecule has 0 saturated heterocycles. The summed E-state index contributed by atoms with van der Waals surface area (Å²) in [5.74, 6) is -0.521. The minimum Gasteiger partial charge on any atom is -0.480 e.